The first-order chi connectivity index (χ1) is 6.79. The Bertz CT molecular complexity index is 320. The van der Waals surface area contributed by atoms with Gasteiger partial charge in [-0.2, -0.15) is 0 Å². The number of ether oxygens (including phenoxy) is 1. The molecule has 0 saturated heterocycles. The maximum absolute atomic E-state index is 11.2. The van der Waals surface area contributed by atoms with Gasteiger partial charge in [0.1, 0.15) is 0 Å². The van der Waals surface area contributed by atoms with Crippen molar-refractivity contribution in [2.24, 2.45) is 0 Å². The molecule has 0 saturated carbocycles. The minimum absolute atomic E-state index is 0.128. The molecule has 0 radical (unpaired) electrons. The molecule has 0 fully saturated rings. The van der Waals surface area contributed by atoms with Crippen LogP contribution in [-0.2, 0) is 28.9 Å². The lowest BCUT2D eigenvalue weighted by Crippen LogP contribution is -2.06. The fourth-order valence-corrected chi connectivity index (χ4v) is 1.95. The topological polar surface area (TPSA) is 31.2 Å². The lowest BCUT2D eigenvalue weighted by molar-refractivity contribution is -0.142. The van der Waals surface area contributed by atoms with E-state index in [1.54, 1.807) is 0 Å². The highest BCUT2D eigenvalue weighted by Crippen LogP contribution is 2.18. The lowest BCUT2D eigenvalue weighted by Gasteiger charge is -1.99. The number of hydrogen-bond donors (Lipinski definition) is 0. The number of aryl methyl sites for hydroxylation is 2. The quantitative estimate of drug-likeness (QED) is 0.682. The number of nitrogens with zero attached hydrogens (tertiary/aromatic N) is 1. The van der Waals surface area contributed by atoms with Gasteiger partial charge in [-0.25, -0.2) is 0 Å². The van der Waals surface area contributed by atoms with E-state index in [1.165, 1.54) is 12.1 Å². The number of rotatable bonds is 3. The molecule has 76 valence electrons. The van der Waals surface area contributed by atoms with Gasteiger partial charge in [0, 0.05) is 18.4 Å². The van der Waals surface area contributed by atoms with Crippen LogP contribution in [0, 0.1) is 0 Å². The second-order valence-corrected chi connectivity index (χ2v) is 3.62. The first kappa shape index (κ1) is 9.31. The molecule has 0 aliphatic carbocycles. The molecule has 0 N–H and O–H groups in total. The predicted octanol–water partition coefficient (Wildman–Crippen LogP) is 1.54. The minimum atomic E-state index is -0.128. The van der Waals surface area contributed by atoms with Gasteiger partial charge in [0.05, 0.1) is 13.0 Å². The van der Waals surface area contributed by atoms with Crippen molar-refractivity contribution in [1.82, 2.24) is 4.57 Å². The Morgan fingerprint density at radius 3 is 3.21 bits per heavy atom. The van der Waals surface area contributed by atoms with Gasteiger partial charge in [0.25, 0.3) is 0 Å². The summed E-state index contributed by atoms with van der Waals surface area (Å²) in [7, 11) is 0. The number of hydrogen-bond acceptors (Lipinski definition) is 2. The van der Waals surface area contributed by atoms with E-state index in [0.29, 0.717) is 13.0 Å². The average molecular weight is 193 g/mol. The van der Waals surface area contributed by atoms with Crippen LogP contribution in [-0.4, -0.2) is 17.1 Å². The number of fused-ring (bicyclic) bond motifs is 1. The summed E-state index contributed by atoms with van der Waals surface area (Å²) in [6.07, 6.45) is 4.85. The van der Waals surface area contributed by atoms with Gasteiger partial charge in [-0.05, 0) is 31.4 Å². The number of carbonyl (C=O) groups is 1. The maximum Gasteiger partial charge on any atom is 0.310 e. The molecule has 0 unspecified atom stereocenters. The molecule has 0 spiro atoms. The van der Waals surface area contributed by atoms with Crippen molar-refractivity contribution in [3.63, 3.8) is 0 Å². The van der Waals surface area contributed by atoms with Gasteiger partial charge < -0.3 is 9.30 Å². The smallest absolute Gasteiger partial charge is 0.310 e. The zero-order valence-corrected chi connectivity index (χ0v) is 8.45. The van der Waals surface area contributed by atoms with E-state index in [-0.39, 0.29) is 5.97 Å². The van der Waals surface area contributed by atoms with E-state index in [9.17, 15) is 4.79 Å². The van der Waals surface area contributed by atoms with E-state index in [2.05, 4.69) is 16.8 Å². The maximum atomic E-state index is 11.2. The second-order valence-electron chi connectivity index (χ2n) is 3.62. The van der Waals surface area contributed by atoms with E-state index >= 15 is 0 Å². The molecule has 0 aromatic carbocycles. The summed E-state index contributed by atoms with van der Waals surface area (Å²) in [5.74, 6) is -0.128. The third-order valence-corrected chi connectivity index (χ3v) is 2.53. The third-order valence-electron chi connectivity index (χ3n) is 2.53. The van der Waals surface area contributed by atoms with Crippen molar-refractivity contribution in [3.8, 4) is 0 Å². The average Bonchev–Trinajstić information content (AvgIpc) is 2.63. The molecule has 2 heterocycles. The summed E-state index contributed by atoms with van der Waals surface area (Å²) in [6.45, 7) is 3.39. The monoisotopic (exact) mass is 193 g/mol. The first-order valence-corrected chi connectivity index (χ1v) is 5.13. The van der Waals surface area contributed by atoms with Crippen molar-refractivity contribution in [3.05, 3.63) is 23.5 Å². The molecule has 3 nitrogen and oxygen atoms in total. The Morgan fingerprint density at radius 1 is 1.64 bits per heavy atom. The molecule has 1 aromatic rings. The summed E-state index contributed by atoms with van der Waals surface area (Å²) in [5.41, 5.74) is 2.43. The van der Waals surface area contributed by atoms with E-state index < -0.39 is 0 Å². The van der Waals surface area contributed by atoms with Gasteiger partial charge >= 0.3 is 5.97 Å². The van der Waals surface area contributed by atoms with Gasteiger partial charge in [-0.15, -0.1) is 0 Å². The zero-order valence-electron chi connectivity index (χ0n) is 8.45. The Kier molecular flexibility index (Phi) is 2.57. The molecule has 2 rings (SSSR count). The fourth-order valence-electron chi connectivity index (χ4n) is 1.95. The predicted molar refractivity (Wildman–Crippen MR) is 53.1 cm³/mol. The van der Waals surface area contributed by atoms with Crippen LogP contribution in [0.2, 0.25) is 0 Å². The van der Waals surface area contributed by atoms with Crippen LogP contribution in [0.5, 0.6) is 0 Å². The summed E-state index contributed by atoms with van der Waals surface area (Å²) < 4.78 is 7.13. The van der Waals surface area contributed by atoms with Crippen LogP contribution in [0.4, 0.5) is 0 Å². The summed E-state index contributed by atoms with van der Waals surface area (Å²) in [4.78, 5) is 11.2. The third kappa shape index (κ3) is 1.81. The van der Waals surface area contributed by atoms with Crippen molar-refractivity contribution < 1.29 is 9.53 Å². The molecule has 0 atom stereocenters. The molecule has 1 aromatic heterocycles. The molecule has 0 amide bonds. The molecular weight excluding hydrogens is 178 g/mol. The molecule has 14 heavy (non-hydrogen) atoms. The van der Waals surface area contributed by atoms with E-state index in [1.807, 2.05) is 6.92 Å². The Labute approximate surface area is 83.7 Å². The number of esters is 1. The normalized spacial score (nSPS) is 14.1. The first-order valence-electron chi connectivity index (χ1n) is 5.13. The van der Waals surface area contributed by atoms with Crippen LogP contribution in [0.25, 0.3) is 0 Å². The zero-order chi connectivity index (χ0) is 9.97. The van der Waals surface area contributed by atoms with Crippen LogP contribution in [0.3, 0.4) is 0 Å². The number of aromatic nitrogens is 1. The van der Waals surface area contributed by atoms with Crippen LogP contribution >= 0.6 is 0 Å². The van der Waals surface area contributed by atoms with Crippen molar-refractivity contribution in [2.75, 3.05) is 6.61 Å². The highest BCUT2D eigenvalue weighted by atomic mass is 16.5. The molecule has 3 heteroatoms. The largest absolute Gasteiger partial charge is 0.466 e. The molecule has 0 bridgehead atoms. The van der Waals surface area contributed by atoms with Gasteiger partial charge in [0.15, 0.2) is 0 Å². The van der Waals surface area contributed by atoms with Crippen LogP contribution < -0.4 is 0 Å². The number of carbonyl (C=O) groups excluding carboxylic acids is 1. The minimum Gasteiger partial charge on any atom is -0.466 e. The van der Waals surface area contributed by atoms with Crippen molar-refractivity contribution >= 4 is 5.97 Å². The standard InChI is InChI=1S/C11H15NO2/c1-2-14-11(13)7-9-6-10-4-3-5-12(10)8-9/h6,8H,2-5,7H2,1H3. The Hall–Kier alpha value is -1.25. The van der Waals surface area contributed by atoms with E-state index in [4.69, 9.17) is 4.74 Å². The fraction of sp³-hybridized carbons (Fsp3) is 0.545. The lowest BCUT2D eigenvalue weighted by atomic mass is 10.2. The summed E-state index contributed by atoms with van der Waals surface area (Å²) in [6, 6.07) is 2.11. The summed E-state index contributed by atoms with van der Waals surface area (Å²) in [5, 5.41) is 0. The van der Waals surface area contributed by atoms with Crippen molar-refractivity contribution in [1.29, 1.82) is 0 Å². The Balaban J connectivity index is 2.00. The molecule has 1 aliphatic rings. The second kappa shape index (κ2) is 3.86. The van der Waals surface area contributed by atoms with Gasteiger partial charge in [0.2, 0.25) is 0 Å². The van der Waals surface area contributed by atoms with E-state index in [0.717, 1.165) is 18.5 Å². The van der Waals surface area contributed by atoms with Gasteiger partial charge in [-0.3, -0.25) is 4.79 Å². The SMILES string of the molecule is CCOC(=O)Cc1cc2n(c1)CCC2. The Morgan fingerprint density at radius 2 is 2.50 bits per heavy atom. The summed E-state index contributed by atoms with van der Waals surface area (Å²) >= 11 is 0. The highest BCUT2D eigenvalue weighted by molar-refractivity contribution is 5.72. The molecular formula is C11H15NO2. The molecule has 1 aliphatic heterocycles. The van der Waals surface area contributed by atoms with Crippen LogP contribution in [0.1, 0.15) is 24.6 Å². The van der Waals surface area contributed by atoms with Crippen LogP contribution in [0.15, 0.2) is 12.3 Å². The van der Waals surface area contributed by atoms with Gasteiger partial charge in [-0.1, -0.05) is 0 Å². The highest BCUT2D eigenvalue weighted by Gasteiger charge is 2.13. The van der Waals surface area contributed by atoms with Crippen molar-refractivity contribution in [2.45, 2.75) is 32.7 Å².